The van der Waals surface area contributed by atoms with Crippen LogP contribution < -0.4 is 0 Å². The maximum Gasteiger partial charge on any atom is 0.167 e. The Morgan fingerprint density at radius 1 is 1.30 bits per heavy atom. The second kappa shape index (κ2) is 8.14. The van der Waals surface area contributed by atoms with E-state index in [2.05, 4.69) is 20.8 Å². The van der Waals surface area contributed by atoms with Gasteiger partial charge in [-0.25, -0.2) is 0 Å². The van der Waals surface area contributed by atoms with Gasteiger partial charge < -0.3 is 9.84 Å². The van der Waals surface area contributed by atoms with Crippen LogP contribution in [-0.4, -0.2) is 29.2 Å². The van der Waals surface area contributed by atoms with Crippen LogP contribution in [-0.2, 0) is 9.53 Å². The Labute approximate surface area is 124 Å². The molecule has 0 spiro atoms. The molecule has 118 valence electrons. The Balaban J connectivity index is 2.52. The highest BCUT2D eigenvalue weighted by atomic mass is 16.5. The molecule has 1 N–H and O–H groups in total. The SMILES string of the molecule is CCOC(CC(C)CCCC(C)C)C1(O)CCCC1=O. The van der Waals surface area contributed by atoms with E-state index in [-0.39, 0.29) is 11.9 Å². The first-order valence-corrected chi connectivity index (χ1v) is 8.27. The van der Waals surface area contributed by atoms with Crippen LogP contribution in [0.3, 0.4) is 0 Å². The predicted octanol–water partition coefficient (Wildman–Crippen LogP) is 3.73. The van der Waals surface area contributed by atoms with Gasteiger partial charge in [-0.15, -0.1) is 0 Å². The second-order valence-corrected chi connectivity index (χ2v) is 6.81. The number of hydrogen-bond donors (Lipinski definition) is 1. The first-order valence-electron chi connectivity index (χ1n) is 8.27. The Kier molecular flexibility index (Phi) is 7.18. The molecule has 1 aliphatic carbocycles. The number of aliphatic hydroxyl groups is 1. The van der Waals surface area contributed by atoms with Gasteiger partial charge in [0.2, 0.25) is 0 Å². The van der Waals surface area contributed by atoms with Crippen LogP contribution in [0.4, 0.5) is 0 Å². The fourth-order valence-electron chi connectivity index (χ4n) is 3.17. The molecule has 0 aromatic heterocycles. The molecule has 3 unspecified atom stereocenters. The highest BCUT2D eigenvalue weighted by Crippen LogP contribution is 2.34. The molecule has 1 rings (SSSR count). The van der Waals surface area contributed by atoms with Gasteiger partial charge in [0.1, 0.15) is 5.60 Å². The van der Waals surface area contributed by atoms with Crippen LogP contribution in [0.1, 0.15) is 72.6 Å². The monoisotopic (exact) mass is 284 g/mol. The van der Waals surface area contributed by atoms with Crippen molar-refractivity contribution >= 4 is 5.78 Å². The zero-order chi connectivity index (χ0) is 15.2. The van der Waals surface area contributed by atoms with Gasteiger partial charge in [0.25, 0.3) is 0 Å². The van der Waals surface area contributed by atoms with Crippen LogP contribution in [0.25, 0.3) is 0 Å². The summed E-state index contributed by atoms with van der Waals surface area (Å²) in [6.45, 7) is 9.18. The first-order chi connectivity index (χ1) is 9.40. The molecule has 0 aromatic rings. The summed E-state index contributed by atoms with van der Waals surface area (Å²) in [5, 5.41) is 10.6. The molecule has 1 fully saturated rings. The van der Waals surface area contributed by atoms with Crippen molar-refractivity contribution in [3.8, 4) is 0 Å². The van der Waals surface area contributed by atoms with E-state index in [1.54, 1.807) is 0 Å². The van der Waals surface area contributed by atoms with E-state index in [0.717, 1.165) is 25.2 Å². The number of ketones is 1. The molecular weight excluding hydrogens is 252 g/mol. The Bertz CT molecular complexity index is 301. The molecule has 0 aliphatic heterocycles. The standard InChI is InChI=1S/C17H32O3/c1-5-20-16(17(19)11-7-10-15(17)18)12-14(4)9-6-8-13(2)3/h13-14,16,19H,5-12H2,1-4H3. The van der Waals surface area contributed by atoms with Crippen LogP contribution in [0.15, 0.2) is 0 Å². The van der Waals surface area contributed by atoms with E-state index < -0.39 is 5.60 Å². The second-order valence-electron chi connectivity index (χ2n) is 6.81. The Hall–Kier alpha value is -0.410. The maximum atomic E-state index is 12.0. The summed E-state index contributed by atoms with van der Waals surface area (Å²) in [6, 6.07) is 0. The van der Waals surface area contributed by atoms with Crippen molar-refractivity contribution in [2.45, 2.75) is 84.3 Å². The molecule has 3 nitrogen and oxygen atoms in total. The van der Waals surface area contributed by atoms with E-state index in [1.165, 1.54) is 12.8 Å². The van der Waals surface area contributed by atoms with Crippen molar-refractivity contribution in [2.75, 3.05) is 6.61 Å². The number of Topliss-reactive ketones (excluding diaryl/α,β-unsaturated/α-hetero) is 1. The predicted molar refractivity (Wildman–Crippen MR) is 81.7 cm³/mol. The average molecular weight is 284 g/mol. The van der Waals surface area contributed by atoms with E-state index in [9.17, 15) is 9.90 Å². The third-order valence-corrected chi connectivity index (χ3v) is 4.44. The summed E-state index contributed by atoms with van der Waals surface area (Å²) >= 11 is 0. The molecule has 0 saturated heterocycles. The third kappa shape index (κ3) is 4.85. The normalized spacial score (nSPS) is 26.2. The van der Waals surface area contributed by atoms with Crippen molar-refractivity contribution in [1.29, 1.82) is 0 Å². The number of ether oxygens (including phenoxy) is 1. The van der Waals surface area contributed by atoms with E-state index >= 15 is 0 Å². The topological polar surface area (TPSA) is 46.5 Å². The lowest BCUT2D eigenvalue weighted by Crippen LogP contribution is -2.48. The zero-order valence-corrected chi connectivity index (χ0v) is 13.7. The molecule has 0 aromatic carbocycles. The number of carbonyl (C=O) groups excluding carboxylic acids is 1. The fourth-order valence-corrected chi connectivity index (χ4v) is 3.17. The van der Waals surface area contributed by atoms with E-state index in [4.69, 9.17) is 4.74 Å². The van der Waals surface area contributed by atoms with E-state index in [0.29, 0.717) is 25.4 Å². The van der Waals surface area contributed by atoms with Crippen molar-refractivity contribution in [2.24, 2.45) is 11.8 Å². The summed E-state index contributed by atoms with van der Waals surface area (Å²) in [6.07, 6.45) is 5.92. The maximum absolute atomic E-state index is 12.0. The molecule has 1 saturated carbocycles. The van der Waals surface area contributed by atoms with Crippen molar-refractivity contribution in [3.63, 3.8) is 0 Å². The van der Waals surface area contributed by atoms with Crippen LogP contribution in [0.5, 0.6) is 0 Å². The molecule has 0 bridgehead atoms. The van der Waals surface area contributed by atoms with Gasteiger partial charge in [-0.2, -0.15) is 0 Å². The molecule has 20 heavy (non-hydrogen) atoms. The highest BCUT2D eigenvalue weighted by Gasteiger charge is 2.47. The Morgan fingerprint density at radius 2 is 2.00 bits per heavy atom. The molecule has 3 atom stereocenters. The quantitative estimate of drug-likeness (QED) is 0.702. The molecule has 0 amide bonds. The molecule has 3 heteroatoms. The van der Waals surface area contributed by atoms with Gasteiger partial charge in [0.15, 0.2) is 5.78 Å². The van der Waals surface area contributed by atoms with Crippen LogP contribution >= 0.6 is 0 Å². The van der Waals surface area contributed by atoms with Gasteiger partial charge in [-0.3, -0.25) is 4.79 Å². The minimum absolute atomic E-state index is 0.0228. The minimum atomic E-state index is -1.22. The molecule has 0 heterocycles. The van der Waals surface area contributed by atoms with Crippen LogP contribution in [0.2, 0.25) is 0 Å². The van der Waals surface area contributed by atoms with E-state index in [1.807, 2.05) is 6.92 Å². The van der Waals surface area contributed by atoms with Crippen LogP contribution in [0, 0.1) is 11.8 Å². The third-order valence-electron chi connectivity index (χ3n) is 4.44. The molecular formula is C17H32O3. The lowest BCUT2D eigenvalue weighted by Gasteiger charge is -2.32. The Morgan fingerprint density at radius 3 is 2.50 bits per heavy atom. The highest BCUT2D eigenvalue weighted by molar-refractivity contribution is 5.89. The smallest absolute Gasteiger partial charge is 0.167 e. The van der Waals surface area contributed by atoms with Gasteiger partial charge in [0.05, 0.1) is 6.10 Å². The number of hydrogen-bond acceptors (Lipinski definition) is 3. The minimum Gasteiger partial charge on any atom is -0.379 e. The lowest BCUT2D eigenvalue weighted by atomic mass is 9.85. The number of carbonyl (C=O) groups is 1. The van der Waals surface area contributed by atoms with Gasteiger partial charge in [-0.05, 0) is 38.0 Å². The average Bonchev–Trinajstić information content (AvgIpc) is 2.70. The van der Waals surface area contributed by atoms with Crippen molar-refractivity contribution < 1.29 is 14.6 Å². The summed E-state index contributed by atoms with van der Waals surface area (Å²) < 4.78 is 5.73. The largest absolute Gasteiger partial charge is 0.379 e. The fraction of sp³-hybridized carbons (Fsp3) is 0.941. The van der Waals surface area contributed by atoms with Crippen molar-refractivity contribution in [1.82, 2.24) is 0 Å². The summed E-state index contributed by atoms with van der Waals surface area (Å²) in [7, 11) is 0. The first kappa shape index (κ1) is 17.6. The number of rotatable bonds is 9. The van der Waals surface area contributed by atoms with Gasteiger partial charge in [-0.1, -0.05) is 40.0 Å². The van der Waals surface area contributed by atoms with Crippen molar-refractivity contribution in [3.05, 3.63) is 0 Å². The molecule has 1 aliphatic rings. The molecule has 0 radical (unpaired) electrons. The summed E-state index contributed by atoms with van der Waals surface area (Å²) in [4.78, 5) is 12.0. The zero-order valence-electron chi connectivity index (χ0n) is 13.7. The summed E-state index contributed by atoms with van der Waals surface area (Å²) in [5.41, 5.74) is -1.22. The summed E-state index contributed by atoms with van der Waals surface area (Å²) in [5.74, 6) is 1.21. The van der Waals surface area contributed by atoms with Gasteiger partial charge >= 0.3 is 0 Å². The van der Waals surface area contributed by atoms with Gasteiger partial charge in [0, 0.05) is 13.0 Å². The lowest BCUT2D eigenvalue weighted by molar-refractivity contribution is -0.153.